The van der Waals surface area contributed by atoms with E-state index in [1.54, 1.807) is 42.7 Å². The maximum atomic E-state index is 12.8. The molecule has 0 amide bonds. The molecule has 1 atom stereocenters. The molecule has 3 nitrogen and oxygen atoms in total. The molecule has 2 aromatic carbocycles. The number of carbonyl (C=O) groups excluding carboxylic acids is 1. The number of rotatable bonds is 2. The average molecular weight is 302 g/mol. The highest BCUT2D eigenvalue weighted by Gasteiger charge is 2.47. The minimum Gasteiger partial charge on any atom is -0.465 e. The molecular weight excluding hydrogens is 288 g/mol. The molecule has 1 aliphatic rings. The van der Waals surface area contributed by atoms with Crippen LogP contribution in [0, 0.1) is 0 Å². The highest BCUT2D eigenvalue weighted by atomic mass is 16.3. The standard InChI is InChI=1S/C20H14O3/c21-19-16-10-4-5-11-17(16)20(22,14-7-2-1-3-8-14)18(19)13-15-9-6-12-23-15/h1-13,22H/b18-13-. The summed E-state index contributed by atoms with van der Waals surface area (Å²) in [6, 6.07) is 19.9. The van der Waals surface area contributed by atoms with Crippen molar-refractivity contribution in [3.63, 3.8) is 0 Å². The molecular formula is C20H14O3. The number of ketones is 1. The van der Waals surface area contributed by atoms with Crippen LogP contribution in [0.2, 0.25) is 0 Å². The highest BCUT2D eigenvalue weighted by molar-refractivity contribution is 6.18. The topological polar surface area (TPSA) is 50.4 Å². The van der Waals surface area contributed by atoms with E-state index in [1.165, 1.54) is 0 Å². The van der Waals surface area contributed by atoms with E-state index in [2.05, 4.69) is 0 Å². The van der Waals surface area contributed by atoms with Crippen molar-refractivity contribution in [2.75, 3.05) is 0 Å². The largest absolute Gasteiger partial charge is 0.465 e. The van der Waals surface area contributed by atoms with Gasteiger partial charge in [-0.05, 0) is 23.8 Å². The van der Waals surface area contributed by atoms with Gasteiger partial charge in [0.15, 0.2) is 5.78 Å². The van der Waals surface area contributed by atoms with Gasteiger partial charge in [0.1, 0.15) is 11.4 Å². The minimum atomic E-state index is -1.47. The molecule has 1 heterocycles. The Kier molecular flexibility index (Phi) is 3.03. The summed E-state index contributed by atoms with van der Waals surface area (Å²) in [5, 5.41) is 11.5. The zero-order valence-electron chi connectivity index (χ0n) is 12.3. The van der Waals surface area contributed by atoms with Crippen LogP contribution in [0.5, 0.6) is 0 Å². The van der Waals surface area contributed by atoms with E-state index < -0.39 is 5.60 Å². The molecule has 3 heteroatoms. The van der Waals surface area contributed by atoms with Crippen LogP contribution in [0.3, 0.4) is 0 Å². The van der Waals surface area contributed by atoms with E-state index in [-0.39, 0.29) is 5.78 Å². The van der Waals surface area contributed by atoms with Gasteiger partial charge in [0.2, 0.25) is 0 Å². The lowest BCUT2D eigenvalue weighted by molar-refractivity contribution is 0.0948. The van der Waals surface area contributed by atoms with Crippen LogP contribution >= 0.6 is 0 Å². The van der Waals surface area contributed by atoms with E-state index in [0.29, 0.717) is 28.0 Å². The summed E-state index contributed by atoms with van der Waals surface area (Å²) in [6.07, 6.45) is 3.16. The van der Waals surface area contributed by atoms with Crippen molar-refractivity contribution < 1.29 is 14.3 Å². The van der Waals surface area contributed by atoms with E-state index in [0.717, 1.165) is 0 Å². The Balaban J connectivity index is 2.00. The van der Waals surface area contributed by atoms with Gasteiger partial charge in [-0.1, -0.05) is 54.6 Å². The molecule has 23 heavy (non-hydrogen) atoms. The number of hydrogen-bond donors (Lipinski definition) is 1. The van der Waals surface area contributed by atoms with E-state index in [9.17, 15) is 9.90 Å². The van der Waals surface area contributed by atoms with Crippen molar-refractivity contribution in [3.05, 3.63) is 101 Å². The smallest absolute Gasteiger partial charge is 0.193 e. The molecule has 0 saturated carbocycles. The van der Waals surface area contributed by atoms with Gasteiger partial charge in [0.05, 0.1) is 6.26 Å². The Hall–Kier alpha value is -2.91. The molecule has 4 rings (SSSR count). The predicted octanol–water partition coefficient (Wildman–Crippen LogP) is 3.80. The van der Waals surface area contributed by atoms with Crippen LogP contribution in [0.4, 0.5) is 0 Å². The SMILES string of the molecule is O=C1/C(=C/c2ccco2)C(O)(c2ccccc2)c2ccccc21. The number of furan rings is 1. The first kappa shape index (κ1) is 13.7. The number of hydrogen-bond acceptors (Lipinski definition) is 3. The van der Waals surface area contributed by atoms with Crippen molar-refractivity contribution in [1.82, 2.24) is 0 Å². The van der Waals surface area contributed by atoms with Crippen LogP contribution in [-0.2, 0) is 5.60 Å². The Labute approximate surface area is 133 Å². The number of Topliss-reactive ketones (excluding diaryl/α,β-unsaturated/α-hetero) is 1. The summed E-state index contributed by atoms with van der Waals surface area (Å²) >= 11 is 0. The summed E-state index contributed by atoms with van der Waals surface area (Å²) in [6.45, 7) is 0. The van der Waals surface area contributed by atoms with E-state index in [1.807, 2.05) is 36.4 Å². The van der Waals surface area contributed by atoms with Crippen LogP contribution in [0.15, 0.2) is 83.0 Å². The molecule has 112 valence electrons. The maximum Gasteiger partial charge on any atom is 0.193 e. The Morgan fingerprint density at radius 2 is 1.65 bits per heavy atom. The summed E-state index contributed by atoms with van der Waals surface area (Å²) in [7, 11) is 0. The first-order valence-corrected chi connectivity index (χ1v) is 7.39. The van der Waals surface area contributed by atoms with Crippen molar-refractivity contribution >= 4 is 11.9 Å². The number of benzene rings is 2. The molecule has 1 unspecified atom stereocenters. The fourth-order valence-corrected chi connectivity index (χ4v) is 3.13. The lowest BCUT2D eigenvalue weighted by Gasteiger charge is -2.25. The highest BCUT2D eigenvalue weighted by Crippen LogP contribution is 2.46. The second kappa shape index (κ2) is 5.07. The Bertz CT molecular complexity index is 892. The average Bonchev–Trinajstić information content (AvgIpc) is 3.19. The first-order chi connectivity index (χ1) is 11.2. The summed E-state index contributed by atoms with van der Waals surface area (Å²) in [5.74, 6) is 0.360. The normalized spacial score (nSPS) is 21.6. The number of fused-ring (bicyclic) bond motifs is 1. The molecule has 0 bridgehead atoms. The maximum absolute atomic E-state index is 12.8. The van der Waals surface area contributed by atoms with Gasteiger partial charge in [-0.25, -0.2) is 0 Å². The zero-order valence-corrected chi connectivity index (χ0v) is 12.3. The van der Waals surface area contributed by atoms with Gasteiger partial charge in [-0.2, -0.15) is 0 Å². The molecule has 3 aromatic rings. The van der Waals surface area contributed by atoms with Gasteiger partial charge in [-0.15, -0.1) is 0 Å². The molecule has 0 fully saturated rings. The summed E-state index contributed by atoms with van der Waals surface area (Å²) < 4.78 is 5.33. The zero-order chi connectivity index (χ0) is 15.9. The lowest BCUT2D eigenvalue weighted by atomic mass is 9.84. The van der Waals surface area contributed by atoms with Crippen molar-refractivity contribution in [1.29, 1.82) is 0 Å². The summed E-state index contributed by atoms with van der Waals surface area (Å²) in [4.78, 5) is 12.8. The van der Waals surface area contributed by atoms with Gasteiger partial charge in [0.25, 0.3) is 0 Å². The van der Waals surface area contributed by atoms with Crippen molar-refractivity contribution in [3.8, 4) is 0 Å². The Morgan fingerprint density at radius 1 is 0.913 bits per heavy atom. The molecule has 1 aliphatic carbocycles. The molecule has 1 N–H and O–H groups in total. The minimum absolute atomic E-state index is 0.177. The second-order valence-corrected chi connectivity index (χ2v) is 5.52. The molecule has 0 aliphatic heterocycles. The summed E-state index contributed by atoms with van der Waals surface area (Å²) in [5.41, 5.74) is 0.628. The van der Waals surface area contributed by atoms with E-state index in [4.69, 9.17) is 4.42 Å². The van der Waals surface area contributed by atoms with E-state index >= 15 is 0 Å². The molecule has 1 aromatic heterocycles. The van der Waals surface area contributed by atoms with Gasteiger partial charge < -0.3 is 9.52 Å². The molecule has 0 saturated heterocycles. The number of aliphatic hydroxyl groups is 1. The molecule has 0 spiro atoms. The first-order valence-electron chi connectivity index (χ1n) is 7.39. The van der Waals surface area contributed by atoms with Crippen molar-refractivity contribution in [2.45, 2.75) is 5.60 Å². The third kappa shape index (κ3) is 1.98. The van der Waals surface area contributed by atoms with Crippen molar-refractivity contribution in [2.24, 2.45) is 0 Å². The Morgan fingerprint density at radius 3 is 2.39 bits per heavy atom. The van der Waals surface area contributed by atoms with Gasteiger partial charge in [-0.3, -0.25) is 4.79 Å². The molecule has 0 radical (unpaired) electrons. The predicted molar refractivity (Wildman–Crippen MR) is 86.9 cm³/mol. The quantitative estimate of drug-likeness (QED) is 0.733. The second-order valence-electron chi connectivity index (χ2n) is 5.52. The van der Waals surface area contributed by atoms with Crippen LogP contribution in [-0.4, -0.2) is 10.9 Å². The monoisotopic (exact) mass is 302 g/mol. The van der Waals surface area contributed by atoms with Gasteiger partial charge in [0, 0.05) is 16.7 Å². The third-order valence-electron chi connectivity index (χ3n) is 4.22. The lowest BCUT2D eigenvalue weighted by Crippen LogP contribution is -2.27. The van der Waals surface area contributed by atoms with Crippen LogP contribution in [0.25, 0.3) is 6.08 Å². The fourth-order valence-electron chi connectivity index (χ4n) is 3.13. The van der Waals surface area contributed by atoms with Gasteiger partial charge >= 0.3 is 0 Å². The third-order valence-corrected chi connectivity index (χ3v) is 4.22. The fraction of sp³-hybridized carbons (Fsp3) is 0.0500. The number of carbonyl (C=O) groups is 1. The van der Waals surface area contributed by atoms with Crippen LogP contribution < -0.4 is 0 Å². The van der Waals surface area contributed by atoms with Crippen LogP contribution in [0.1, 0.15) is 27.2 Å².